The minimum absolute atomic E-state index is 0.780. The first kappa shape index (κ1) is 9.46. The molecule has 2 nitrogen and oxygen atoms in total. The molecule has 2 rings (SSSR count). The van der Waals surface area contributed by atoms with E-state index in [-0.39, 0.29) is 0 Å². The Morgan fingerprint density at radius 2 is 2.00 bits per heavy atom. The lowest BCUT2D eigenvalue weighted by molar-refractivity contribution is 0.514. The van der Waals surface area contributed by atoms with Crippen LogP contribution in [0.15, 0.2) is 39.4 Å². The maximum absolute atomic E-state index is 5.53. The lowest BCUT2D eigenvalue weighted by atomic mass is 10.2. The third-order valence-corrected chi connectivity index (χ3v) is 2.51. The maximum Gasteiger partial charge on any atom is 0.194 e. The Morgan fingerprint density at radius 3 is 2.57 bits per heavy atom. The third-order valence-electron chi connectivity index (χ3n) is 1.98. The van der Waals surface area contributed by atoms with E-state index in [2.05, 4.69) is 20.9 Å². The number of hydrogen-bond donors (Lipinski definition) is 0. The number of hydrogen-bond acceptors (Lipinski definition) is 2. The standard InChI is InChI=1S/C11H10BrNO/c1-2-11-13-7-10(14-11)8-3-5-9(12)6-4-8/h3-7H,2H2,1H3. The maximum atomic E-state index is 5.53. The van der Waals surface area contributed by atoms with E-state index in [9.17, 15) is 0 Å². The van der Waals surface area contributed by atoms with Crippen LogP contribution in [0.4, 0.5) is 0 Å². The average Bonchev–Trinajstić information content (AvgIpc) is 2.67. The van der Waals surface area contributed by atoms with Crippen molar-refractivity contribution in [2.45, 2.75) is 13.3 Å². The van der Waals surface area contributed by atoms with Gasteiger partial charge in [-0.3, -0.25) is 0 Å². The van der Waals surface area contributed by atoms with Crippen molar-refractivity contribution in [3.8, 4) is 11.3 Å². The van der Waals surface area contributed by atoms with Crippen molar-refractivity contribution in [3.63, 3.8) is 0 Å². The lowest BCUT2D eigenvalue weighted by Gasteiger charge is -1.95. The van der Waals surface area contributed by atoms with E-state index in [0.29, 0.717) is 0 Å². The quantitative estimate of drug-likeness (QED) is 0.815. The molecule has 0 aliphatic carbocycles. The Balaban J connectivity index is 2.34. The van der Waals surface area contributed by atoms with Gasteiger partial charge in [0.05, 0.1) is 6.20 Å². The lowest BCUT2D eigenvalue weighted by Crippen LogP contribution is -1.74. The average molecular weight is 252 g/mol. The van der Waals surface area contributed by atoms with Crippen LogP contribution < -0.4 is 0 Å². The second kappa shape index (κ2) is 3.96. The van der Waals surface area contributed by atoms with E-state index in [1.165, 1.54) is 0 Å². The number of benzene rings is 1. The molecule has 1 heterocycles. The van der Waals surface area contributed by atoms with Crippen molar-refractivity contribution in [2.24, 2.45) is 0 Å². The summed E-state index contributed by atoms with van der Waals surface area (Å²) in [6.45, 7) is 2.02. The van der Waals surface area contributed by atoms with Gasteiger partial charge in [-0.15, -0.1) is 0 Å². The third kappa shape index (κ3) is 1.87. The van der Waals surface area contributed by atoms with Crippen molar-refractivity contribution in [1.29, 1.82) is 0 Å². The molecule has 1 aromatic heterocycles. The van der Waals surface area contributed by atoms with Crippen molar-refractivity contribution >= 4 is 15.9 Å². The Kier molecular flexibility index (Phi) is 2.68. The highest BCUT2D eigenvalue weighted by Gasteiger charge is 2.03. The van der Waals surface area contributed by atoms with Crippen LogP contribution in [0.5, 0.6) is 0 Å². The van der Waals surface area contributed by atoms with Gasteiger partial charge >= 0.3 is 0 Å². The second-order valence-electron chi connectivity index (χ2n) is 2.98. The minimum atomic E-state index is 0.780. The number of nitrogens with zero attached hydrogens (tertiary/aromatic N) is 1. The minimum Gasteiger partial charge on any atom is -0.441 e. The molecule has 0 fully saturated rings. The molecule has 1 aromatic carbocycles. The Morgan fingerprint density at radius 1 is 1.29 bits per heavy atom. The molecule has 0 aliphatic heterocycles. The van der Waals surface area contributed by atoms with E-state index >= 15 is 0 Å². The molecule has 3 heteroatoms. The largest absolute Gasteiger partial charge is 0.441 e. The fourth-order valence-corrected chi connectivity index (χ4v) is 1.49. The first-order valence-corrected chi connectivity index (χ1v) is 5.29. The molecule has 0 saturated heterocycles. The molecule has 0 bridgehead atoms. The van der Waals surface area contributed by atoms with Gasteiger partial charge < -0.3 is 4.42 Å². The summed E-state index contributed by atoms with van der Waals surface area (Å²) in [5, 5.41) is 0. The van der Waals surface area contributed by atoms with Gasteiger partial charge in [0, 0.05) is 16.5 Å². The fraction of sp³-hybridized carbons (Fsp3) is 0.182. The normalized spacial score (nSPS) is 10.4. The second-order valence-corrected chi connectivity index (χ2v) is 3.89. The van der Waals surface area contributed by atoms with Crippen LogP contribution in [0.1, 0.15) is 12.8 Å². The van der Waals surface area contributed by atoms with Crippen molar-refractivity contribution in [2.75, 3.05) is 0 Å². The molecular weight excluding hydrogens is 242 g/mol. The summed E-state index contributed by atoms with van der Waals surface area (Å²) >= 11 is 3.39. The molecule has 14 heavy (non-hydrogen) atoms. The molecule has 0 spiro atoms. The van der Waals surface area contributed by atoms with Crippen molar-refractivity contribution < 1.29 is 4.42 Å². The van der Waals surface area contributed by atoms with Crippen molar-refractivity contribution in [1.82, 2.24) is 4.98 Å². The van der Waals surface area contributed by atoms with Crippen LogP contribution >= 0.6 is 15.9 Å². The summed E-state index contributed by atoms with van der Waals surface area (Å²) in [4.78, 5) is 4.16. The molecule has 0 unspecified atom stereocenters. The van der Waals surface area contributed by atoms with Crippen LogP contribution in [-0.4, -0.2) is 4.98 Å². The molecule has 0 atom stereocenters. The summed E-state index contributed by atoms with van der Waals surface area (Å²) in [6, 6.07) is 7.99. The van der Waals surface area contributed by atoms with Crippen molar-refractivity contribution in [3.05, 3.63) is 40.8 Å². The van der Waals surface area contributed by atoms with Crippen LogP contribution in [0.25, 0.3) is 11.3 Å². The Hall–Kier alpha value is -1.09. The highest BCUT2D eigenvalue weighted by atomic mass is 79.9. The zero-order valence-corrected chi connectivity index (χ0v) is 9.41. The molecule has 0 amide bonds. The van der Waals surface area contributed by atoms with Gasteiger partial charge in [0.15, 0.2) is 11.7 Å². The van der Waals surface area contributed by atoms with Gasteiger partial charge in [-0.1, -0.05) is 35.0 Å². The summed E-state index contributed by atoms with van der Waals surface area (Å²) in [6.07, 6.45) is 2.60. The topological polar surface area (TPSA) is 26.0 Å². The SMILES string of the molecule is CCc1ncc(-c2ccc(Br)cc2)o1. The number of rotatable bonds is 2. The number of aryl methyl sites for hydroxylation is 1. The molecule has 0 aliphatic rings. The van der Waals surface area contributed by atoms with E-state index < -0.39 is 0 Å². The molecule has 0 saturated carbocycles. The Labute approximate surface area is 91.1 Å². The van der Waals surface area contributed by atoms with Gasteiger partial charge in [0.25, 0.3) is 0 Å². The van der Waals surface area contributed by atoms with E-state index in [4.69, 9.17) is 4.42 Å². The molecular formula is C11H10BrNO. The Bertz CT molecular complexity index is 419. The smallest absolute Gasteiger partial charge is 0.194 e. The van der Waals surface area contributed by atoms with Gasteiger partial charge in [-0.2, -0.15) is 0 Å². The molecule has 0 N–H and O–H groups in total. The van der Waals surface area contributed by atoms with E-state index in [1.807, 2.05) is 31.2 Å². The first-order valence-electron chi connectivity index (χ1n) is 4.50. The van der Waals surface area contributed by atoms with Crippen LogP contribution in [0.2, 0.25) is 0 Å². The zero-order valence-electron chi connectivity index (χ0n) is 7.83. The summed E-state index contributed by atoms with van der Waals surface area (Å²) in [5.74, 6) is 1.61. The fourth-order valence-electron chi connectivity index (χ4n) is 1.22. The highest BCUT2D eigenvalue weighted by Crippen LogP contribution is 2.22. The van der Waals surface area contributed by atoms with E-state index in [0.717, 1.165) is 28.1 Å². The van der Waals surface area contributed by atoms with Gasteiger partial charge in [0.2, 0.25) is 0 Å². The number of oxazole rings is 1. The summed E-state index contributed by atoms with van der Waals surface area (Å²) in [7, 11) is 0. The molecule has 72 valence electrons. The number of aromatic nitrogens is 1. The monoisotopic (exact) mass is 251 g/mol. The van der Waals surface area contributed by atoms with E-state index in [1.54, 1.807) is 6.20 Å². The predicted molar refractivity (Wildman–Crippen MR) is 59.0 cm³/mol. The van der Waals surface area contributed by atoms with Crippen LogP contribution in [0.3, 0.4) is 0 Å². The van der Waals surface area contributed by atoms with Crippen LogP contribution in [-0.2, 0) is 6.42 Å². The summed E-state index contributed by atoms with van der Waals surface area (Å²) in [5.41, 5.74) is 1.06. The molecule has 0 radical (unpaired) electrons. The van der Waals surface area contributed by atoms with Gasteiger partial charge in [0.1, 0.15) is 0 Å². The van der Waals surface area contributed by atoms with Crippen LogP contribution in [0, 0.1) is 0 Å². The predicted octanol–water partition coefficient (Wildman–Crippen LogP) is 3.67. The van der Waals surface area contributed by atoms with Gasteiger partial charge in [-0.05, 0) is 12.1 Å². The van der Waals surface area contributed by atoms with Gasteiger partial charge in [-0.25, -0.2) is 4.98 Å². The first-order chi connectivity index (χ1) is 6.79. The molecule has 2 aromatic rings. The summed E-state index contributed by atoms with van der Waals surface area (Å²) < 4.78 is 6.60. The zero-order chi connectivity index (χ0) is 9.97. The highest BCUT2D eigenvalue weighted by molar-refractivity contribution is 9.10. The number of halogens is 1.